The van der Waals surface area contributed by atoms with Gasteiger partial charge >= 0.3 is 5.97 Å². The highest BCUT2D eigenvalue weighted by Gasteiger charge is 1.96. The van der Waals surface area contributed by atoms with Crippen LogP contribution in [-0.4, -0.2) is 19.6 Å². The number of carbonyl (C=O) groups is 1. The molecule has 0 amide bonds. The van der Waals surface area contributed by atoms with Crippen molar-refractivity contribution in [3.63, 3.8) is 0 Å². The van der Waals surface area contributed by atoms with Crippen molar-refractivity contribution in [3.8, 4) is 0 Å². The van der Waals surface area contributed by atoms with Gasteiger partial charge in [0, 0.05) is 18.3 Å². The van der Waals surface area contributed by atoms with Gasteiger partial charge in [-0.15, -0.1) is 0 Å². The Morgan fingerprint density at radius 1 is 1.67 bits per heavy atom. The third-order valence-electron chi connectivity index (χ3n) is 1.93. The summed E-state index contributed by atoms with van der Waals surface area (Å²) in [5.74, 6) is -0.324. The SMILES string of the molecule is COC(=O)/C=C(\C)NCCc1ccsc1. The molecular formula is C11H15NO2S. The van der Waals surface area contributed by atoms with E-state index >= 15 is 0 Å². The van der Waals surface area contributed by atoms with Gasteiger partial charge in [-0.25, -0.2) is 4.79 Å². The van der Waals surface area contributed by atoms with Crippen LogP contribution in [0.25, 0.3) is 0 Å². The Morgan fingerprint density at radius 2 is 2.47 bits per heavy atom. The normalized spacial score (nSPS) is 11.2. The maximum Gasteiger partial charge on any atom is 0.332 e. The van der Waals surface area contributed by atoms with Crippen LogP contribution in [0.2, 0.25) is 0 Å². The summed E-state index contributed by atoms with van der Waals surface area (Å²) in [5, 5.41) is 7.34. The predicted molar refractivity (Wildman–Crippen MR) is 61.8 cm³/mol. The van der Waals surface area contributed by atoms with Crippen molar-refractivity contribution in [2.75, 3.05) is 13.7 Å². The van der Waals surface area contributed by atoms with Gasteiger partial charge < -0.3 is 10.1 Å². The van der Waals surface area contributed by atoms with Gasteiger partial charge in [0.15, 0.2) is 0 Å². The number of allylic oxidation sites excluding steroid dienone is 1. The van der Waals surface area contributed by atoms with Crippen LogP contribution in [0.1, 0.15) is 12.5 Å². The average Bonchev–Trinajstić information content (AvgIpc) is 2.70. The van der Waals surface area contributed by atoms with Crippen molar-refractivity contribution < 1.29 is 9.53 Å². The molecule has 0 aromatic carbocycles. The summed E-state index contributed by atoms with van der Waals surface area (Å²) in [6.07, 6.45) is 2.42. The average molecular weight is 225 g/mol. The molecule has 0 fully saturated rings. The van der Waals surface area contributed by atoms with Crippen molar-refractivity contribution in [2.24, 2.45) is 0 Å². The molecule has 0 aliphatic carbocycles. The minimum absolute atomic E-state index is 0.324. The summed E-state index contributed by atoms with van der Waals surface area (Å²) in [5.41, 5.74) is 2.15. The molecule has 1 rings (SSSR count). The van der Waals surface area contributed by atoms with Gasteiger partial charge in [-0.1, -0.05) is 0 Å². The Bertz CT molecular complexity index is 330. The monoisotopic (exact) mass is 225 g/mol. The second-order valence-corrected chi connectivity index (χ2v) is 3.94. The Kier molecular flexibility index (Phi) is 4.90. The van der Waals surface area contributed by atoms with E-state index in [1.807, 2.05) is 6.92 Å². The predicted octanol–water partition coefficient (Wildman–Crippen LogP) is 1.96. The molecule has 0 atom stereocenters. The van der Waals surface area contributed by atoms with Crippen LogP contribution in [0.3, 0.4) is 0 Å². The second kappa shape index (κ2) is 6.24. The zero-order valence-electron chi connectivity index (χ0n) is 8.95. The summed E-state index contributed by atoms with van der Waals surface area (Å²) < 4.78 is 4.52. The summed E-state index contributed by atoms with van der Waals surface area (Å²) in [7, 11) is 1.37. The first-order valence-electron chi connectivity index (χ1n) is 4.73. The smallest absolute Gasteiger partial charge is 0.332 e. The van der Waals surface area contributed by atoms with Gasteiger partial charge in [0.2, 0.25) is 0 Å². The molecule has 1 aromatic rings. The fourth-order valence-electron chi connectivity index (χ4n) is 1.13. The van der Waals surface area contributed by atoms with Crippen LogP contribution in [-0.2, 0) is 16.0 Å². The van der Waals surface area contributed by atoms with E-state index in [0.717, 1.165) is 18.7 Å². The van der Waals surface area contributed by atoms with E-state index in [9.17, 15) is 4.79 Å². The molecule has 1 heterocycles. The van der Waals surface area contributed by atoms with Gasteiger partial charge in [-0.2, -0.15) is 11.3 Å². The highest BCUT2D eigenvalue weighted by Crippen LogP contribution is 2.05. The lowest BCUT2D eigenvalue weighted by Gasteiger charge is -2.04. The number of hydrogen-bond acceptors (Lipinski definition) is 4. The zero-order chi connectivity index (χ0) is 11.1. The molecule has 0 aliphatic rings. The van der Waals surface area contributed by atoms with Crippen LogP contribution in [0.15, 0.2) is 28.6 Å². The molecule has 15 heavy (non-hydrogen) atoms. The lowest BCUT2D eigenvalue weighted by atomic mass is 10.2. The lowest BCUT2D eigenvalue weighted by molar-refractivity contribution is -0.134. The van der Waals surface area contributed by atoms with Crippen molar-refractivity contribution >= 4 is 17.3 Å². The molecule has 0 spiro atoms. The molecule has 0 bridgehead atoms. The van der Waals surface area contributed by atoms with E-state index in [1.54, 1.807) is 11.3 Å². The van der Waals surface area contributed by atoms with E-state index in [0.29, 0.717) is 0 Å². The zero-order valence-corrected chi connectivity index (χ0v) is 9.76. The maximum absolute atomic E-state index is 10.9. The van der Waals surface area contributed by atoms with Crippen LogP contribution in [0.5, 0.6) is 0 Å². The first kappa shape index (κ1) is 11.8. The number of thiophene rings is 1. The minimum Gasteiger partial charge on any atom is -0.466 e. The van der Waals surface area contributed by atoms with E-state index in [2.05, 4.69) is 26.9 Å². The largest absolute Gasteiger partial charge is 0.466 e. The van der Waals surface area contributed by atoms with Crippen LogP contribution >= 0.6 is 11.3 Å². The molecule has 0 saturated heterocycles. The lowest BCUT2D eigenvalue weighted by Crippen LogP contribution is -2.16. The van der Waals surface area contributed by atoms with Gasteiger partial charge in [-0.05, 0) is 35.7 Å². The fraction of sp³-hybridized carbons (Fsp3) is 0.364. The number of hydrogen-bond donors (Lipinski definition) is 1. The molecule has 1 N–H and O–H groups in total. The fourth-order valence-corrected chi connectivity index (χ4v) is 1.83. The number of methoxy groups -OCH3 is 1. The van der Waals surface area contributed by atoms with E-state index in [4.69, 9.17) is 0 Å². The molecule has 0 radical (unpaired) electrons. The summed E-state index contributed by atoms with van der Waals surface area (Å²) in [6, 6.07) is 2.10. The van der Waals surface area contributed by atoms with Gasteiger partial charge in [0.1, 0.15) is 0 Å². The van der Waals surface area contributed by atoms with Crippen molar-refractivity contribution in [3.05, 3.63) is 34.2 Å². The number of nitrogens with one attached hydrogen (secondary N) is 1. The van der Waals surface area contributed by atoms with E-state index in [-0.39, 0.29) is 5.97 Å². The van der Waals surface area contributed by atoms with Crippen molar-refractivity contribution in [1.29, 1.82) is 0 Å². The highest BCUT2D eigenvalue weighted by molar-refractivity contribution is 7.07. The van der Waals surface area contributed by atoms with Crippen LogP contribution < -0.4 is 5.32 Å². The Hall–Kier alpha value is -1.29. The van der Waals surface area contributed by atoms with Crippen molar-refractivity contribution in [2.45, 2.75) is 13.3 Å². The second-order valence-electron chi connectivity index (χ2n) is 3.16. The van der Waals surface area contributed by atoms with E-state index in [1.165, 1.54) is 18.7 Å². The standard InChI is InChI=1S/C11H15NO2S/c1-9(7-11(13)14-2)12-5-3-10-4-6-15-8-10/h4,6-8,12H,3,5H2,1-2H3/b9-7+. The molecule has 0 unspecified atom stereocenters. The Balaban J connectivity index is 2.25. The number of rotatable bonds is 5. The van der Waals surface area contributed by atoms with E-state index < -0.39 is 0 Å². The third kappa shape index (κ3) is 4.65. The van der Waals surface area contributed by atoms with Crippen molar-refractivity contribution in [1.82, 2.24) is 5.32 Å². The molecule has 82 valence electrons. The van der Waals surface area contributed by atoms with Gasteiger partial charge in [0.05, 0.1) is 7.11 Å². The Morgan fingerprint density at radius 3 is 3.07 bits per heavy atom. The topological polar surface area (TPSA) is 38.3 Å². The number of carbonyl (C=O) groups excluding carboxylic acids is 1. The number of ether oxygens (including phenoxy) is 1. The quantitative estimate of drug-likeness (QED) is 0.615. The molecule has 1 aromatic heterocycles. The molecule has 0 aliphatic heterocycles. The molecular weight excluding hydrogens is 210 g/mol. The summed E-state index contributed by atoms with van der Waals surface area (Å²) in [4.78, 5) is 10.9. The third-order valence-corrected chi connectivity index (χ3v) is 2.67. The highest BCUT2D eigenvalue weighted by atomic mass is 32.1. The maximum atomic E-state index is 10.9. The summed E-state index contributed by atoms with van der Waals surface area (Å²) >= 11 is 1.70. The summed E-state index contributed by atoms with van der Waals surface area (Å²) in [6.45, 7) is 2.68. The molecule has 3 nitrogen and oxygen atoms in total. The minimum atomic E-state index is -0.324. The first-order chi connectivity index (χ1) is 7.22. The molecule has 0 saturated carbocycles. The first-order valence-corrected chi connectivity index (χ1v) is 5.68. The van der Waals surface area contributed by atoms with Crippen LogP contribution in [0, 0.1) is 0 Å². The number of esters is 1. The Labute approximate surface area is 93.8 Å². The molecule has 4 heteroatoms. The van der Waals surface area contributed by atoms with Crippen LogP contribution in [0.4, 0.5) is 0 Å². The van der Waals surface area contributed by atoms with Gasteiger partial charge in [-0.3, -0.25) is 0 Å². The van der Waals surface area contributed by atoms with Gasteiger partial charge in [0.25, 0.3) is 0 Å².